The van der Waals surface area contributed by atoms with E-state index < -0.39 is 0 Å². The van der Waals surface area contributed by atoms with Gasteiger partial charge >= 0.3 is 0 Å². The van der Waals surface area contributed by atoms with Gasteiger partial charge < -0.3 is 15.0 Å². The molecule has 80 valence electrons. The first-order chi connectivity index (χ1) is 7.74. The lowest BCUT2D eigenvalue weighted by Crippen LogP contribution is -1.87. The van der Waals surface area contributed by atoms with Gasteiger partial charge in [0.25, 0.3) is 0 Å². The van der Waals surface area contributed by atoms with Gasteiger partial charge in [0.15, 0.2) is 4.77 Å². The highest BCUT2D eigenvalue weighted by atomic mass is 32.1. The molecular formula is C10H7FN4S. The van der Waals surface area contributed by atoms with Gasteiger partial charge in [-0.25, -0.2) is 9.37 Å². The molecule has 6 heteroatoms. The number of rotatable bonds is 1. The highest BCUT2D eigenvalue weighted by molar-refractivity contribution is 7.71. The highest BCUT2D eigenvalue weighted by Crippen LogP contribution is 2.23. The number of aromatic amines is 3. The normalized spacial score (nSPS) is 11.1. The van der Waals surface area contributed by atoms with Crippen LogP contribution in [0, 0.1) is 10.6 Å². The van der Waals surface area contributed by atoms with Gasteiger partial charge in [-0.1, -0.05) is 0 Å². The fourth-order valence-electron chi connectivity index (χ4n) is 1.65. The summed E-state index contributed by atoms with van der Waals surface area (Å²) in [6.07, 6.45) is 3.23. The van der Waals surface area contributed by atoms with Gasteiger partial charge in [0.1, 0.15) is 11.6 Å². The molecule has 0 fully saturated rings. The van der Waals surface area contributed by atoms with Crippen molar-refractivity contribution in [2.45, 2.75) is 0 Å². The van der Waals surface area contributed by atoms with Gasteiger partial charge in [-0.3, -0.25) is 0 Å². The molecule has 0 radical (unpaired) electrons. The van der Waals surface area contributed by atoms with E-state index in [9.17, 15) is 4.39 Å². The second-order valence-corrected chi connectivity index (χ2v) is 3.80. The zero-order chi connectivity index (χ0) is 11.1. The van der Waals surface area contributed by atoms with Gasteiger partial charge in [0.05, 0.1) is 16.6 Å². The average molecular weight is 234 g/mol. The Kier molecular flexibility index (Phi) is 1.90. The highest BCUT2D eigenvalue weighted by Gasteiger charge is 2.09. The van der Waals surface area contributed by atoms with Gasteiger partial charge in [-0.15, -0.1) is 0 Å². The van der Waals surface area contributed by atoms with Crippen molar-refractivity contribution in [3.63, 3.8) is 0 Å². The van der Waals surface area contributed by atoms with E-state index in [2.05, 4.69) is 19.9 Å². The van der Waals surface area contributed by atoms with Crippen LogP contribution in [0.1, 0.15) is 0 Å². The second kappa shape index (κ2) is 3.28. The Bertz CT molecular complexity index is 695. The summed E-state index contributed by atoms with van der Waals surface area (Å²) in [5.41, 5.74) is 1.83. The molecule has 4 nitrogen and oxygen atoms in total. The third-order valence-corrected chi connectivity index (χ3v) is 2.56. The summed E-state index contributed by atoms with van der Waals surface area (Å²) in [5, 5.41) is 0. The Labute approximate surface area is 94.6 Å². The number of aromatic nitrogens is 4. The Morgan fingerprint density at radius 1 is 1.19 bits per heavy atom. The molecular weight excluding hydrogens is 227 g/mol. The molecule has 3 N–H and O–H groups in total. The Morgan fingerprint density at radius 3 is 2.62 bits per heavy atom. The van der Waals surface area contributed by atoms with Crippen molar-refractivity contribution in [3.05, 3.63) is 35.1 Å². The van der Waals surface area contributed by atoms with Crippen molar-refractivity contribution in [1.82, 2.24) is 19.9 Å². The number of nitrogens with one attached hydrogen (secondary N) is 3. The van der Waals surface area contributed by atoms with Gasteiger partial charge in [-0.2, -0.15) is 0 Å². The molecule has 0 unspecified atom stereocenters. The lowest BCUT2D eigenvalue weighted by molar-refractivity contribution is 0.632. The Hall–Kier alpha value is -1.95. The summed E-state index contributed by atoms with van der Waals surface area (Å²) < 4.78 is 14.2. The molecule has 0 amide bonds. The van der Waals surface area contributed by atoms with Crippen LogP contribution >= 0.6 is 12.2 Å². The molecule has 0 saturated carbocycles. The van der Waals surface area contributed by atoms with Crippen molar-refractivity contribution in [3.8, 4) is 11.4 Å². The van der Waals surface area contributed by atoms with E-state index in [1.807, 2.05) is 0 Å². The first-order valence-electron chi connectivity index (χ1n) is 4.65. The van der Waals surface area contributed by atoms with E-state index in [0.29, 0.717) is 21.7 Å². The van der Waals surface area contributed by atoms with Crippen molar-refractivity contribution in [2.24, 2.45) is 0 Å². The number of fused-ring (bicyclic) bond motifs is 1. The van der Waals surface area contributed by atoms with E-state index in [0.717, 1.165) is 5.52 Å². The molecule has 0 saturated heterocycles. The summed E-state index contributed by atoms with van der Waals surface area (Å²) in [5.74, 6) is 0.160. The number of halogens is 1. The number of imidazole rings is 2. The minimum absolute atomic E-state index is 0.340. The maximum absolute atomic E-state index is 13.8. The third kappa shape index (κ3) is 1.35. The molecule has 0 atom stereocenters. The smallest absolute Gasteiger partial charge is 0.175 e. The zero-order valence-electron chi connectivity index (χ0n) is 8.04. The summed E-state index contributed by atoms with van der Waals surface area (Å²) in [4.78, 5) is 12.7. The fourth-order valence-corrected chi connectivity index (χ4v) is 1.87. The molecule has 0 spiro atoms. The molecule has 3 aromatic rings. The quantitative estimate of drug-likeness (QED) is 0.567. The number of hydrogen-bond donors (Lipinski definition) is 3. The van der Waals surface area contributed by atoms with Crippen LogP contribution in [0.2, 0.25) is 0 Å². The van der Waals surface area contributed by atoms with Crippen molar-refractivity contribution < 1.29 is 4.39 Å². The summed E-state index contributed by atoms with van der Waals surface area (Å²) >= 11 is 4.94. The average Bonchev–Trinajstić information content (AvgIpc) is 2.83. The van der Waals surface area contributed by atoms with Crippen LogP contribution in [0.4, 0.5) is 4.39 Å². The second-order valence-electron chi connectivity index (χ2n) is 3.39. The molecule has 0 bridgehead atoms. The monoisotopic (exact) mass is 234 g/mol. The number of hydrogen-bond acceptors (Lipinski definition) is 2. The largest absolute Gasteiger partial charge is 0.345 e. The van der Waals surface area contributed by atoms with Crippen LogP contribution in [-0.4, -0.2) is 19.9 Å². The van der Waals surface area contributed by atoms with Crippen molar-refractivity contribution >= 4 is 23.3 Å². The first-order valence-corrected chi connectivity index (χ1v) is 5.06. The number of benzene rings is 1. The molecule has 0 aliphatic rings. The minimum Gasteiger partial charge on any atom is -0.345 e. The van der Waals surface area contributed by atoms with E-state index in [4.69, 9.17) is 12.2 Å². The molecule has 0 aliphatic heterocycles. The van der Waals surface area contributed by atoms with Crippen molar-refractivity contribution in [1.29, 1.82) is 0 Å². The lowest BCUT2D eigenvalue weighted by atomic mass is 10.2. The minimum atomic E-state index is -0.340. The van der Waals surface area contributed by atoms with Crippen LogP contribution in [0.15, 0.2) is 24.5 Å². The summed E-state index contributed by atoms with van der Waals surface area (Å²) in [7, 11) is 0. The summed E-state index contributed by atoms with van der Waals surface area (Å²) in [6.45, 7) is 0. The van der Waals surface area contributed by atoms with Gasteiger partial charge in [0.2, 0.25) is 0 Å². The van der Waals surface area contributed by atoms with Crippen LogP contribution in [0.3, 0.4) is 0 Å². The van der Waals surface area contributed by atoms with E-state index in [-0.39, 0.29) is 5.82 Å². The predicted molar refractivity (Wildman–Crippen MR) is 61.0 cm³/mol. The maximum atomic E-state index is 13.8. The number of H-pyrrole nitrogens is 3. The van der Waals surface area contributed by atoms with Crippen LogP contribution < -0.4 is 0 Å². The third-order valence-electron chi connectivity index (χ3n) is 2.36. The standard InChI is InChI=1S/C10H7FN4S/c11-6-4-8-7(14-10(16)15-8)3-5(6)9-12-1-2-13-9/h1-4H,(H,12,13)(H2,14,15,16). The van der Waals surface area contributed by atoms with Crippen LogP contribution in [0.25, 0.3) is 22.4 Å². The molecule has 2 heterocycles. The zero-order valence-corrected chi connectivity index (χ0v) is 8.86. The molecule has 0 aliphatic carbocycles. The molecule has 2 aromatic heterocycles. The lowest BCUT2D eigenvalue weighted by Gasteiger charge is -1.99. The van der Waals surface area contributed by atoms with E-state index >= 15 is 0 Å². The molecule has 16 heavy (non-hydrogen) atoms. The number of nitrogens with zero attached hydrogens (tertiary/aromatic N) is 1. The van der Waals surface area contributed by atoms with Gasteiger partial charge in [0, 0.05) is 18.5 Å². The van der Waals surface area contributed by atoms with Crippen molar-refractivity contribution in [2.75, 3.05) is 0 Å². The SMILES string of the molecule is Fc1cc2[nH]c(=S)[nH]c2cc1-c1ncc[nH]1. The van der Waals surface area contributed by atoms with Gasteiger partial charge in [-0.05, 0) is 18.3 Å². The van der Waals surface area contributed by atoms with Crippen LogP contribution in [0.5, 0.6) is 0 Å². The van der Waals surface area contributed by atoms with E-state index in [1.165, 1.54) is 6.07 Å². The van der Waals surface area contributed by atoms with Crippen LogP contribution in [-0.2, 0) is 0 Å². The topological polar surface area (TPSA) is 60.3 Å². The Balaban J connectivity index is 2.33. The maximum Gasteiger partial charge on any atom is 0.175 e. The predicted octanol–water partition coefficient (Wildman–Crippen LogP) is 2.75. The first kappa shape index (κ1) is 9.29. The molecule has 1 aromatic carbocycles. The molecule has 3 rings (SSSR count). The Morgan fingerprint density at radius 2 is 1.94 bits per heavy atom. The summed E-state index contributed by atoms with van der Waals surface area (Å²) in [6, 6.07) is 3.08. The van der Waals surface area contributed by atoms with E-state index in [1.54, 1.807) is 18.5 Å². The fraction of sp³-hybridized carbons (Fsp3) is 0.